The highest BCUT2D eigenvalue weighted by atomic mass is 19.4. The molecule has 0 N–H and O–H groups in total. The second-order valence-electron chi connectivity index (χ2n) is 3.32. The third kappa shape index (κ3) is 2.02. The van der Waals surface area contributed by atoms with E-state index in [2.05, 4.69) is 11.3 Å². The van der Waals surface area contributed by atoms with Crippen molar-refractivity contribution in [3.63, 3.8) is 0 Å². The van der Waals surface area contributed by atoms with E-state index in [4.69, 9.17) is 0 Å². The molecule has 1 aromatic heterocycles. The summed E-state index contributed by atoms with van der Waals surface area (Å²) >= 11 is 0. The van der Waals surface area contributed by atoms with Crippen molar-refractivity contribution in [1.29, 1.82) is 0 Å². The van der Waals surface area contributed by atoms with E-state index in [0.717, 1.165) is 19.0 Å². The largest absolute Gasteiger partial charge is 0.434 e. The van der Waals surface area contributed by atoms with Gasteiger partial charge >= 0.3 is 6.18 Å². The van der Waals surface area contributed by atoms with Crippen LogP contribution in [0.1, 0.15) is 18.5 Å². The van der Waals surface area contributed by atoms with Crippen LogP contribution in [0.4, 0.5) is 13.2 Å². The molecule has 1 saturated carbocycles. The molecule has 0 amide bonds. The lowest BCUT2D eigenvalue weighted by molar-refractivity contribution is -0.141. The van der Waals surface area contributed by atoms with E-state index in [1.54, 1.807) is 0 Å². The van der Waals surface area contributed by atoms with E-state index in [1.807, 2.05) is 0 Å². The summed E-state index contributed by atoms with van der Waals surface area (Å²) in [7, 11) is 0. The molecule has 0 unspecified atom stereocenters. The number of hydrogen-bond acceptors (Lipinski definition) is 1. The van der Waals surface area contributed by atoms with Gasteiger partial charge in [0.2, 0.25) is 0 Å². The van der Waals surface area contributed by atoms with Gasteiger partial charge in [0, 0.05) is 12.7 Å². The molecular weight excluding hydrogens is 181 g/mol. The van der Waals surface area contributed by atoms with Gasteiger partial charge in [-0.15, -0.1) is 0 Å². The molecule has 0 aromatic carbocycles. The van der Waals surface area contributed by atoms with Crippen molar-refractivity contribution in [2.24, 2.45) is 5.92 Å². The summed E-state index contributed by atoms with van der Waals surface area (Å²) in [5.41, 5.74) is -0.854. The number of halogens is 3. The van der Waals surface area contributed by atoms with Crippen molar-refractivity contribution in [2.75, 3.05) is 0 Å². The number of aromatic nitrogens is 2. The summed E-state index contributed by atoms with van der Waals surface area (Å²) in [6.07, 6.45) is 1.21. The molecule has 0 atom stereocenters. The number of rotatable bonds is 2. The predicted octanol–water partition coefficient (Wildman–Crippen LogP) is 2.11. The molecule has 1 radical (unpaired) electrons. The lowest BCUT2D eigenvalue weighted by Crippen LogP contribution is -2.05. The minimum Gasteiger partial charge on any atom is -0.327 e. The maximum Gasteiger partial charge on any atom is 0.434 e. The van der Waals surface area contributed by atoms with Gasteiger partial charge in [0.05, 0.1) is 0 Å². The summed E-state index contributed by atoms with van der Waals surface area (Å²) in [6, 6.07) is 0. The first-order valence-corrected chi connectivity index (χ1v) is 4.08. The van der Waals surface area contributed by atoms with Gasteiger partial charge in [-0.3, -0.25) is 0 Å². The second kappa shape index (κ2) is 2.75. The standard InChI is InChI=1S/C8H8F3N2/c9-8(10,11)7-4-13(5-12-7)3-6-1-2-6/h4,6H,1-3H2. The molecule has 71 valence electrons. The Morgan fingerprint density at radius 3 is 2.69 bits per heavy atom. The molecule has 1 heterocycles. The van der Waals surface area contributed by atoms with Crippen LogP contribution in [0.3, 0.4) is 0 Å². The molecule has 2 rings (SSSR count). The number of imidazole rings is 1. The zero-order valence-electron chi connectivity index (χ0n) is 6.80. The van der Waals surface area contributed by atoms with Crippen LogP contribution >= 0.6 is 0 Å². The highest BCUT2D eigenvalue weighted by Gasteiger charge is 2.34. The van der Waals surface area contributed by atoms with Crippen LogP contribution in [0.5, 0.6) is 0 Å². The van der Waals surface area contributed by atoms with E-state index in [1.165, 1.54) is 4.57 Å². The van der Waals surface area contributed by atoms with Crippen LogP contribution in [0.15, 0.2) is 6.20 Å². The van der Waals surface area contributed by atoms with Gasteiger partial charge < -0.3 is 4.57 Å². The van der Waals surface area contributed by atoms with E-state index in [0.29, 0.717) is 12.5 Å². The van der Waals surface area contributed by atoms with Gasteiger partial charge in [-0.1, -0.05) is 0 Å². The highest BCUT2D eigenvalue weighted by molar-refractivity contribution is 5.01. The Balaban J connectivity index is 2.08. The van der Waals surface area contributed by atoms with Crippen molar-refractivity contribution in [2.45, 2.75) is 25.6 Å². The first kappa shape index (κ1) is 8.59. The SMILES string of the molecule is FC(F)(F)c1cn(CC2CC2)[c]n1. The smallest absolute Gasteiger partial charge is 0.327 e. The van der Waals surface area contributed by atoms with E-state index in [9.17, 15) is 13.2 Å². The molecule has 1 fully saturated rings. The lowest BCUT2D eigenvalue weighted by Gasteiger charge is -2.00. The maximum atomic E-state index is 12.1. The fourth-order valence-electron chi connectivity index (χ4n) is 1.13. The molecule has 1 aromatic rings. The Hall–Kier alpha value is -1.00. The first-order chi connectivity index (χ1) is 6.05. The van der Waals surface area contributed by atoms with E-state index >= 15 is 0 Å². The van der Waals surface area contributed by atoms with Crippen molar-refractivity contribution >= 4 is 0 Å². The van der Waals surface area contributed by atoms with Gasteiger partial charge in [-0.2, -0.15) is 13.2 Å². The summed E-state index contributed by atoms with van der Waals surface area (Å²) in [4.78, 5) is 3.18. The summed E-state index contributed by atoms with van der Waals surface area (Å²) in [5.74, 6) is 0.534. The van der Waals surface area contributed by atoms with Crippen molar-refractivity contribution in [3.05, 3.63) is 18.2 Å². The molecule has 0 saturated heterocycles. The minimum atomic E-state index is -4.34. The molecule has 13 heavy (non-hydrogen) atoms. The van der Waals surface area contributed by atoms with Crippen LogP contribution in [-0.4, -0.2) is 9.55 Å². The van der Waals surface area contributed by atoms with Gasteiger partial charge in [-0.05, 0) is 18.8 Å². The Morgan fingerprint density at radius 1 is 1.54 bits per heavy atom. The monoisotopic (exact) mass is 189 g/mol. The Morgan fingerprint density at radius 2 is 2.23 bits per heavy atom. The normalized spacial score (nSPS) is 17.8. The third-order valence-electron chi connectivity index (χ3n) is 2.02. The zero-order chi connectivity index (χ0) is 9.47. The molecule has 0 bridgehead atoms. The highest BCUT2D eigenvalue weighted by Crippen LogP contribution is 2.32. The Kier molecular flexibility index (Phi) is 1.82. The van der Waals surface area contributed by atoms with Crippen LogP contribution in [0.2, 0.25) is 0 Å². The Bertz CT molecular complexity index is 299. The molecule has 5 heteroatoms. The quantitative estimate of drug-likeness (QED) is 0.696. The number of nitrogens with zero attached hydrogens (tertiary/aromatic N) is 2. The fourth-order valence-corrected chi connectivity index (χ4v) is 1.13. The lowest BCUT2D eigenvalue weighted by atomic mass is 10.4. The summed E-state index contributed by atoms with van der Waals surface area (Å²) in [6.45, 7) is 0.614. The van der Waals surface area contributed by atoms with Gasteiger partial charge in [0.15, 0.2) is 12.0 Å². The average Bonchev–Trinajstić information content (AvgIpc) is 2.63. The number of hydrogen-bond donors (Lipinski definition) is 0. The predicted molar refractivity (Wildman–Crippen MR) is 38.8 cm³/mol. The van der Waals surface area contributed by atoms with Crippen LogP contribution in [0.25, 0.3) is 0 Å². The molecule has 0 spiro atoms. The van der Waals surface area contributed by atoms with Gasteiger partial charge in [0.25, 0.3) is 0 Å². The molecule has 0 aliphatic heterocycles. The maximum absolute atomic E-state index is 12.1. The third-order valence-corrected chi connectivity index (χ3v) is 2.02. The van der Waals surface area contributed by atoms with Crippen LogP contribution in [-0.2, 0) is 12.7 Å². The minimum absolute atomic E-state index is 0.534. The molecule has 1 aliphatic carbocycles. The topological polar surface area (TPSA) is 17.8 Å². The molecule has 1 aliphatic rings. The fraction of sp³-hybridized carbons (Fsp3) is 0.625. The second-order valence-corrected chi connectivity index (χ2v) is 3.32. The van der Waals surface area contributed by atoms with Crippen LogP contribution < -0.4 is 0 Å². The first-order valence-electron chi connectivity index (χ1n) is 4.08. The summed E-state index contributed by atoms with van der Waals surface area (Å²) in [5, 5.41) is 0. The van der Waals surface area contributed by atoms with Gasteiger partial charge in [0.1, 0.15) is 0 Å². The Labute approximate surface area is 73.4 Å². The van der Waals surface area contributed by atoms with Gasteiger partial charge in [-0.25, -0.2) is 4.98 Å². The van der Waals surface area contributed by atoms with Crippen molar-refractivity contribution < 1.29 is 13.2 Å². The van der Waals surface area contributed by atoms with E-state index in [-0.39, 0.29) is 0 Å². The molecular formula is C8H8F3N2. The van der Waals surface area contributed by atoms with Crippen LogP contribution in [0, 0.1) is 12.2 Å². The summed E-state index contributed by atoms with van der Waals surface area (Å²) < 4.78 is 37.6. The number of alkyl halides is 3. The average molecular weight is 189 g/mol. The molecule has 2 nitrogen and oxygen atoms in total. The van der Waals surface area contributed by atoms with Crippen molar-refractivity contribution in [3.8, 4) is 0 Å². The van der Waals surface area contributed by atoms with Crippen molar-refractivity contribution in [1.82, 2.24) is 9.55 Å². The zero-order valence-corrected chi connectivity index (χ0v) is 6.80. The van der Waals surface area contributed by atoms with E-state index < -0.39 is 11.9 Å².